The van der Waals surface area contributed by atoms with Gasteiger partial charge in [0.25, 0.3) is 5.91 Å². The van der Waals surface area contributed by atoms with Gasteiger partial charge < -0.3 is 14.4 Å². The standard InChI is InChI=1S/C12H16N2O3S/c1-9-10(18-8-13-9)11(15)14-4-2-3-12(7-14)16-5-6-17-12/h8H,2-7H2,1H3. The molecule has 0 aromatic carbocycles. The highest BCUT2D eigenvalue weighted by Crippen LogP contribution is 2.31. The van der Waals surface area contributed by atoms with Gasteiger partial charge >= 0.3 is 0 Å². The summed E-state index contributed by atoms with van der Waals surface area (Å²) in [6, 6.07) is 0. The Hall–Kier alpha value is -0.980. The maximum atomic E-state index is 12.4. The molecule has 1 amide bonds. The van der Waals surface area contributed by atoms with Crippen LogP contribution >= 0.6 is 11.3 Å². The first kappa shape index (κ1) is 12.1. The minimum atomic E-state index is -0.549. The normalized spacial score (nSPS) is 22.6. The number of carbonyl (C=O) groups is 1. The van der Waals surface area contributed by atoms with E-state index < -0.39 is 5.79 Å². The third-order valence-electron chi connectivity index (χ3n) is 3.46. The number of aryl methyl sites for hydroxylation is 1. The molecule has 0 bridgehead atoms. The van der Waals surface area contributed by atoms with Crippen LogP contribution < -0.4 is 0 Å². The predicted molar refractivity (Wildman–Crippen MR) is 66.6 cm³/mol. The SMILES string of the molecule is Cc1ncsc1C(=O)N1CCCC2(C1)OCCO2. The van der Waals surface area contributed by atoms with Crippen LogP contribution in [-0.4, -0.2) is 47.9 Å². The zero-order valence-electron chi connectivity index (χ0n) is 10.3. The van der Waals surface area contributed by atoms with Gasteiger partial charge in [-0.25, -0.2) is 4.98 Å². The van der Waals surface area contributed by atoms with Crippen molar-refractivity contribution in [2.75, 3.05) is 26.3 Å². The molecule has 1 aromatic rings. The Bertz CT molecular complexity index is 454. The van der Waals surface area contributed by atoms with Gasteiger partial charge in [0.1, 0.15) is 4.88 Å². The number of nitrogens with zero attached hydrogens (tertiary/aromatic N) is 2. The maximum absolute atomic E-state index is 12.4. The molecule has 0 saturated carbocycles. The average molecular weight is 268 g/mol. The van der Waals surface area contributed by atoms with Crippen molar-refractivity contribution < 1.29 is 14.3 Å². The molecule has 1 aromatic heterocycles. The zero-order valence-corrected chi connectivity index (χ0v) is 11.2. The fourth-order valence-corrected chi connectivity index (χ4v) is 3.31. The Morgan fingerprint density at radius 1 is 1.50 bits per heavy atom. The minimum absolute atomic E-state index is 0.0492. The Morgan fingerprint density at radius 2 is 2.28 bits per heavy atom. The average Bonchev–Trinajstić information content (AvgIpc) is 2.98. The van der Waals surface area contributed by atoms with Gasteiger partial charge in [-0.15, -0.1) is 11.3 Å². The number of carbonyl (C=O) groups excluding carboxylic acids is 1. The number of amides is 1. The molecule has 1 spiro atoms. The van der Waals surface area contributed by atoms with Crippen molar-refractivity contribution in [1.29, 1.82) is 0 Å². The molecular weight excluding hydrogens is 252 g/mol. The lowest BCUT2D eigenvalue weighted by Crippen LogP contribution is -2.51. The van der Waals surface area contributed by atoms with E-state index in [1.54, 1.807) is 5.51 Å². The van der Waals surface area contributed by atoms with Crippen molar-refractivity contribution in [3.63, 3.8) is 0 Å². The molecule has 6 heteroatoms. The monoisotopic (exact) mass is 268 g/mol. The topological polar surface area (TPSA) is 51.7 Å². The van der Waals surface area contributed by atoms with Crippen LogP contribution in [0.5, 0.6) is 0 Å². The fourth-order valence-electron chi connectivity index (χ4n) is 2.54. The summed E-state index contributed by atoms with van der Waals surface area (Å²) in [5.74, 6) is -0.500. The Labute approximate surface area is 110 Å². The highest BCUT2D eigenvalue weighted by molar-refractivity contribution is 7.11. The van der Waals surface area contributed by atoms with Gasteiger partial charge in [0.2, 0.25) is 0 Å². The van der Waals surface area contributed by atoms with Gasteiger partial charge in [0, 0.05) is 13.0 Å². The first-order chi connectivity index (χ1) is 8.70. The fraction of sp³-hybridized carbons (Fsp3) is 0.667. The number of aromatic nitrogens is 1. The Morgan fingerprint density at radius 3 is 2.94 bits per heavy atom. The molecule has 2 aliphatic rings. The maximum Gasteiger partial charge on any atom is 0.266 e. The van der Waals surface area contributed by atoms with Gasteiger partial charge in [-0.3, -0.25) is 4.79 Å². The molecule has 0 atom stereocenters. The molecule has 2 aliphatic heterocycles. The lowest BCUT2D eigenvalue weighted by atomic mass is 10.0. The van der Waals surface area contributed by atoms with E-state index in [0.717, 1.165) is 30.0 Å². The van der Waals surface area contributed by atoms with Crippen molar-refractivity contribution in [2.24, 2.45) is 0 Å². The summed E-state index contributed by atoms with van der Waals surface area (Å²) >= 11 is 1.40. The van der Waals surface area contributed by atoms with Crippen LogP contribution in [0, 0.1) is 6.92 Å². The molecule has 0 N–H and O–H groups in total. The van der Waals surface area contributed by atoms with Crippen LogP contribution in [0.25, 0.3) is 0 Å². The summed E-state index contributed by atoms with van der Waals surface area (Å²) < 4.78 is 11.4. The molecule has 18 heavy (non-hydrogen) atoms. The number of ether oxygens (including phenoxy) is 2. The lowest BCUT2D eigenvalue weighted by molar-refractivity contribution is -0.183. The molecule has 98 valence electrons. The number of rotatable bonds is 1. The van der Waals surface area contributed by atoms with Crippen LogP contribution in [0.3, 0.4) is 0 Å². The molecule has 5 nitrogen and oxygen atoms in total. The van der Waals surface area contributed by atoms with Crippen molar-refractivity contribution in [1.82, 2.24) is 9.88 Å². The second-order valence-electron chi connectivity index (χ2n) is 4.70. The molecule has 2 fully saturated rings. The first-order valence-corrected chi connectivity index (χ1v) is 7.05. The predicted octanol–water partition coefficient (Wildman–Crippen LogP) is 1.43. The summed E-state index contributed by atoms with van der Waals surface area (Å²) in [7, 11) is 0. The number of thiazole rings is 1. The molecular formula is C12H16N2O3S. The van der Waals surface area contributed by atoms with Crippen LogP contribution in [-0.2, 0) is 9.47 Å². The number of hydrogen-bond donors (Lipinski definition) is 0. The molecule has 2 saturated heterocycles. The van der Waals surface area contributed by atoms with E-state index in [4.69, 9.17) is 9.47 Å². The number of hydrogen-bond acceptors (Lipinski definition) is 5. The van der Waals surface area contributed by atoms with Crippen LogP contribution in [0.1, 0.15) is 28.2 Å². The van der Waals surface area contributed by atoms with Crippen molar-refractivity contribution >= 4 is 17.2 Å². The minimum Gasteiger partial charge on any atom is -0.346 e. The van der Waals surface area contributed by atoms with Crippen LogP contribution in [0.15, 0.2) is 5.51 Å². The van der Waals surface area contributed by atoms with Gasteiger partial charge in [-0.1, -0.05) is 0 Å². The van der Waals surface area contributed by atoms with E-state index in [2.05, 4.69) is 4.98 Å². The quantitative estimate of drug-likeness (QED) is 0.773. The molecule has 0 radical (unpaired) electrons. The first-order valence-electron chi connectivity index (χ1n) is 6.17. The lowest BCUT2D eigenvalue weighted by Gasteiger charge is -2.38. The molecule has 0 aliphatic carbocycles. The number of piperidine rings is 1. The third-order valence-corrected chi connectivity index (χ3v) is 4.37. The van der Waals surface area contributed by atoms with E-state index >= 15 is 0 Å². The van der Waals surface area contributed by atoms with Gasteiger partial charge in [0.05, 0.1) is 31.0 Å². The van der Waals surface area contributed by atoms with Crippen LogP contribution in [0.2, 0.25) is 0 Å². The van der Waals surface area contributed by atoms with Crippen LogP contribution in [0.4, 0.5) is 0 Å². The van der Waals surface area contributed by atoms with E-state index in [1.165, 1.54) is 11.3 Å². The van der Waals surface area contributed by atoms with E-state index in [0.29, 0.717) is 19.8 Å². The van der Waals surface area contributed by atoms with E-state index in [9.17, 15) is 4.79 Å². The van der Waals surface area contributed by atoms with E-state index in [1.807, 2.05) is 11.8 Å². The van der Waals surface area contributed by atoms with Crippen molar-refractivity contribution in [3.8, 4) is 0 Å². The van der Waals surface area contributed by atoms with Gasteiger partial charge in [-0.2, -0.15) is 0 Å². The Balaban J connectivity index is 1.76. The van der Waals surface area contributed by atoms with Gasteiger partial charge in [-0.05, 0) is 13.3 Å². The summed E-state index contributed by atoms with van der Waals surface area (Å²) in [5, 5.41) is 0. The van der Waals surface area contributed by atoms with Crippen molar-refractivity contribution in [3.05, 3.63) is 16.1 Å². The number of likely N-dealkylation sites (tertiary alicyclic amines) is 1. The summed E-state index contributed by atoms with van der Waals surface area (Å²) in [6.45, 7) is 4.42. The van der Waals surface area contributed by atoms with Crippen molar-refractivity contribution in [2.45, 2.75) is 25.6 Å². The highest BCUT2D eigenvalue weighted by atomic mass is 32.1. The zero-order chi connectivity index (χ0) is 12.6. The molecule has 3 rings (SSSR count). The molecule has 3 heterocycles. The van der Waals surface area contributed by atoms with E-state index in [-0.39, 0.29) is 5.91 Å². The highest BCUT2D eigenvalue weighted by Gasteiger charge is 2.42. The smallest absolute Gasteiger partial charge is 0.266 e. The summed E-state index contributed by atoms with van der Waals surface area (Å²) in [4.78, 5) is 19.1. The summed E-state index contributed by atoms with van der Waals surface area (Å²) in [6.07, 6.45) is 1.79. The molecule has 0 unspecified atom stereocenters. The second-order valence-corrected chi connectivity index (χ2v) is 5.56. The third kappa shape index (κ3) is 2.04. The second kappa shape index (κ2) is 4.60. The Kier molecular flexibility index (Phi) is 3.09. The summed E-state index contributed by atoms with van der Waals surface area (Å²) in [5.41, 5.74) is 2.52. The van der Waals surface area contributed by atoms with Gasteiger partial charge in [0.15, 0.2) is 5.79 Å². The largest absolute Gasteiger partial charge is 0.346 e.